The van der Waals surface area contributed by atoms with E-state index in [1.54, 1.807) is 0 Å². The molecular weight excluding hydrogens is 294 g/mol. The molecule has 1 aliphatic rings. The maximum atomic E-state index is 12.3. The summed E-state index contributed by atoms with van der Waals surface area (Å²) in [5.74, 6) is -0.0956. The molecule has 1 aliphatic carbocycles. The minimum Gasteiger partial charge on any atom is -0.464 e. The van der Waals surface area contributed by atoms with Crippen molar-refractivity contribution in [2.24, 2.45) is 0 Å². The van der Waals surface area contributed by atoms with Crippen LogP contribution in [0.15, 0.2) is 0 Å². The van der Waals surface area contributed by atoms with Gasteiger partial charge in [-0.25, -0.2) is 9.59 Å². The van der Waals surface area contributed by atoms with E-state index >= 15 is 0 Å². The maximum Gasteiger partial charge on any atom is 0.408 e. The Morgan fingerprint density at radius 3 is 2.43 bits per heavy atom. The maximum absolute atomic E-state index is 12.3. The van der Waals surface area contributed by atoms with E-state index in [-0.39, 0.29) is 18.5 Å². The lowest BCUT2D eigenvalue weighted by molar-refractivity contribution is -0.151. The van der Waals surface area contributed by atoms with Crippen LogP contribution in [0.1, 0.15) is 58.3 Å². The zero-order valence-corrected chi connectivity index (χ0v) is 13.5. The number of alkyl halides is 1. The molecule has 1 saturated carbocycles. The molecule has 0 aromatic heterocycles. The van der Waals surface area contributed by atoms with Crippen molar-refractivity contribution in [3.8, 4) is 0 Å². The number of carbonyl (C=O) groups is 2. The molecule has 1 amide bonds. The second-order valence-electron chi connectivity index (χ2n) is 5.44. The second kappa shape index (κ2) is 9.87. The highest BCUT2D eigenvalue weighted by molar-refractivity contribution is 6.18. The summed E-state index contributed by atoms with van der Waals surface area (Å²) < 4.78 is 10.2. The molecule has 6 heteroatoms. The molecule has 1 rings (SSSR count). The molecular formula is C15H26ClNO4. The molecule has 21 heavy (non-hydrogen) atoms. The molecule has 0 spiro atoms. The van der Waals surface area contributed by atoms with Crippen LogP contribution in [0, 0.1) is 0 Å². The van der Waals surface area contributed by atoms with Crippen LogP contribution in [0.25, 0.3) is 0 Å². The number of nitrogens with one attached hydrogen (secondary N) is 1. The van der Waals surface area contributed by atoms with Gasteiger partial charge in [0.1, 0.15) is 12.1 Å². The normalized spacial score (nSPS) is 16.5. The molecule has 1 N–H and O–H groups in total. The molecule has 0 bridgehead atoms. The lowest BCUT2D eigenvalue weighted by Gasteiger charge is -2.27. The number of unbranched alkanes of at least 4 members (excludes halogenated alkanes) is 3. The molecule has 122 valence electrons. The summed E-state index contributed by atoms with van der Waals surface area (Å²) >= 11 is 5.47. The molecule has 0 unspecified atom stereocenters. The van der Waals surface area contributed by atoms with E-state index in [1.165, 1.54) is 0 Å². The first kappa shape index (κ1) is 18.1. The average Bonchev–Trinajstić information content (AvgIpc) is 2.94. The van der Waals surface area contributed by atoms with E-state index in [0.29, 0.717) is 19.4 Å². The highest BCUT2D eigenvalue weighted by atomic mass is 35.5. The average molecular weight is 320 g/mol. The van der Waals surface area contributed by atoms with E-state index in [4.69, 9.17) is 21.1 Å². The quantitative estimate of drug-likeness (QED) is 0.402. The van der Waals surface area contributed by atoms with Crippen molar-refractivity contribution in [1.82, 2.24) is 5.32 Å². The predicted octanol–water partition coefficient (Wildman–Crippen LogP) is 3.39. The van der Waals surface area contributed by atoms with Crippen LogP contribution in [0.4, 0.5) is 4.79 Å². The fourth-order valence-corrected chi connectivity index (χ4v) is 2.63. The molecule has 0 heterocycles. The number of hydrogen-bond donors (Lipinski definition) is 1. The summed E-state index contributed by atoms with van der Waals surface area (Å²) in [5.41, 5.74) is -0.909. The summed E-state index contributed by atoms with van der Waals surface area (Å²) in [4.78, 5) is 24.0. The topological polar surface area (TPSA) is 64.6 Å². The van der Waals surface area contributed by atoms with Gasteiger partial charge in [0.15, 0.2) is 0 Å². The zero-order valence-electron chi connectivity index (χ0n) is 12.8. The molecule has 0 saturated heterocycles. The van der Waals surface area contributed by atoms with Crippen LogP contribution in [-0.2, 0) is 14.3 Å². The number of alkyl carbamates (subject to hydrolysis) is 1. The number of esters is 1. The summed E-state index contributed by atoms with van der Waals surface area (Å²) in [6.07, 6.45) is 6.64. The number of hydrogen-bond acceptors (Lipinski definition) is 4. The number of ether oxygens (including phenoxy) is 2. The van der Waals surface area contributed by atoms with Gasteiger partial charge in [-0.1, -0.05) is 39.0 Å². The number of rotatable bonds is 9. The van der Waals surface area contributed by atoms with Gasteiger partial charge >= 0.3 is 12.1 Å². The molecule has 0 aromatic carbocycles. The number of halogens is 1. The number of amides is 1. The molecule has 0 aromatic rings. The van der Waals surface area contributed by atoms with Gasteiger partial charge < -0.3 is 14.8 Å². The largest absolute Gasteiger partial charge is 0.464 e. The highest BCUT2D eigenvalue weighted by Crippen LogP contribution is 2.31. The van der Waals surface area contributed by atoms with Crippen LogP contribution < -0.4 is 5.32 Å². The molecule has 0 aliphatic heterocycles. The van der Waals surface area contributed by atoms with Gasteiger partial charge in [0.05, 0.1) is 12.5 Å². The van der Waals surface area contributed by atoms with Crippen molar-refractivity contribution in [2.75, 3.05) is 19.1 Å². The van der Waals surface area contributed by atoms with E-state index in [0.717, 1.165) is 38.5 Å². The minimum absolute atomic E-state index is 0.134. The van der Waals surface area contributed by atoms with Crippen molar-refractivity contribution >= 4 is 23.7 Å². The molecule has 0 radical (unpaired) electrons. The Morgan fingerprint density at radius 1 is 1.10 bits per heavy atom. The van der Waals surface area contributed by atoms with Crippen molar-refractivity contribution in [1.29, 1.82) is 0 Å². The summed E-state index contributed by atoms with van der Waals surface area (Å²) in [5, 5.41) is 2.68. The second-order valence-corrected chi connectivity index (χ2v) is 5.81. The number of carbonyl (C=O) groups excluding carboxylic acids is 2. The lowest BCUT2D eigenvalue weighted by Crippen LogP contribution is -2.53. The van der Waals surface area contributed by atoms with Gasteiger partial charge in [-0.15, -0.1) is 11.6 Å². The van der Waals surface area contributed by atoms with Crippen molar-refractivity contribution in [2.45, 2.75) is 63.8 Å². The molecule has 0 atom stereocenters. The van der Waals surface area contributed by atoms with Crippen molar-refractivity contribution in [3.63, 3.8) is 0 Å². The van der Waals surface area contributed by atoms with Gasteiger partial charge in [-0.2, -0.15) is 0 Å². The third-order valence-corrected chi connectivity index (χ3v) is 3.88. The van der Waals surface area contributed by atoms with E-state index in [9.17, 15) is 9.59 Å². The summed E-state index contributed by atoms with van der Waals surface area (Å²) in [7, 11) is 0. The SMILES string of the molecule is CCCCCCOC(=O)C1(NC(=O)OCCCl)CCCC1. The van der Waals surface area contributed by atoms with Crippen LogP contribution >= 0.6 is 11.6 Å². The van der Waals surface area contributed by atoms with Crippen LogP contribution in [0.5, 0.6) is 0 Å². The monoisotopic (exact) mass is 319 g/mol. The zero-order chi connectivity index (χ0) is 15.6. The molecule has 1 fully saturated rings. The van der Waals surface area contributed by atoms with Crippen LogP contribution in [0.3, 0.4) is 0 Å². The van der Waals surface area contributed by atoms with E-state index in [2.05, 4.69) is 12.2 Å². The van der Waals surface area contributed by atoms with Gasteiger partial charge in [0.25, 0.3) is 0 Å². The first-order chi connectivity index (χ1) is 10.1. The Kier molecular flexibility index (Phi) is 8.50. The fourth-order valence-electron chi connectivity index (χ4n) is 2.55. The van der Waals surface area contributed by atoms with Crippen molar-refractivity contribution < 1.29 is 19.1 Å². The Hall–Kier alpha value is -0.970. The summed E-state index contributed by atoms with van der Waals surface area (Å²) in [6, 6.07) is 0. The smallest absolute Gasteiger partial charge is 0.408 e. The first-order valence-corrected chi connectivity index (χ1v) is 8.36. The Balaban J connectivity index is 2.43. The van der Waals surface area contributed by atoms with Crippen LogP contribution in [-0.4, -0.2) is 36.7 Å². The highest BCUT2D eigenvalue weighted by Gasteiger charge is 2.44. The van der Waals surface area contributed by atoms with Gasteiger partial charge in [0, 0.05) is 0 Å². The Morgan fingerprint density at radius 2 is 1.81 bits per heavy atom. The minimum atomic E-state index is -0.909. The van der Waals surface area contributed by atoms with Gasteiger partial charge in [-0.3, -0.25) is 0 Å². The van der Waals surface area contributed by atoms with Gasteiger partial charge in [-0.05, 0) is 19.3 Å². The van der Waals surface area contributed by atoms with E-state index in [1.807, 2.05) is 0 Å². The van der Waals surface area contributed by atoms with E-state index < -0.39 is 11.6 Å². The Bertz CT molecular complexity index is 330. The third kappa shape index (κ3) is 6.12. The lowest BCUT2D eigenvalue weighted by atomic mass is 9.98. The predicted molar refractivity (Wildman–Crippen MR) is 81.5 cm³/mol. The van der Waals surface area contributed by atoms with Gasteiger partial charge in [0.2, 0.25) is 0 Å². The van der Waals surface area contributed by atoms with Crippen molar-refractivity contribution in [3.05, 3.63) is 0 Å². The van der Waals surface area contributed by atoms with Crippen LogP contribution in [0.2, 0.25) is 0 Å². The molecule has 5 nitrogen and oxygen atoms in total. The standard InChI is InChI=1S/C15H26ClNO4/c1-2-3-4-7-11-20-13(18)15(8-5-6-9-15)17-14(19)21-12-10-16/h2-12H2,1H3,(H,17,19). The first-order valence-electron chi connectivity index (χ1n) is 7.83. The third-order valence-electron chi connectivity index (χ3n) is 3.73. The Labute approximate surface area is 131 Å². The fraction of sp³-hybridized carbons (Fsp3) is 0.867. The summed E-state index contributed by atoms with van der Waals surface area (Å²) in [6.45, 7) is 2.68.